The molecule has 0 aliphatic heterocycles. The molecule has 0 spiro atoms. The molecule has 11 heavy (non-hydrogen) atoms. The summed E-state index contributed by atoms with van der Waals surface area (Å²) in [5.41, 5.74) is 0. The summed E-state index contributed by atoms with van der Waals surface area (Å²) in [4.78, 5) is 15.7. The van der Waals surface area contributed by atoms with Gasteiger partial charge in [-0.3, -0.25) is 0 Å². The highest BCUT2D eigenvalue weighted by Crippen LogP contribution is 1.93. The minimum absolute atomic E-state index is 0.0763. The van der Waals surface area contributed by atoms with E-state index in [1.54, 1.807) is 6.08 Å². The van der Waals surface area contributed by atoms with Crippen molar-refractivity contribution in [1.29, 1.82) is 0 Å². The van der Waals surface area contributed by atoms with Crippen LogP contribution in [0.4, 0.5) is 0 Å². The molecule has 3 nitrogen and oxygen atoms in total. The van der Waals surface area contributed by atoms with E-state index in [9.17, 15) is 4.79 Å². The fourth-order valence-corrected chi connectivity index (χ4v) is 0.986. The van der Waals surface area contributed by atoms with Crippen molar-refractivity contribution in [3.05, 3.63) is 0 Å². The van der Waals surface area contributed by atoms with E-state index in [0.29, 0.717) is 0 Å². The molecule has 0 aromatic heterocycles. The third-order valence-electron chi connectivity index (χ3n) is 1.69. The predicted molar refractivity (Wildman–Crippen MR) is 45.4 cm³/mol. The molecular formula is C8H16N2O. The molecule has 64 valence electrons. The van der Waals surface area contributed by atoms with Crippen LogP contribution in [0.2, 0.25) is 0 Å². The molecule has 0 rings (SSSR count). The lowest BCUT2D eigenvalue weighted by molar-refractivity contribution is 0.289. The Kier molecular flexibility index (Phi) is 5.71. The summed E-state index contributed by atoms with van der Waals surface area (Å²) in [6.07, 6.45) is 1.57. The topological polar surface area (TPSA) is 32.7 Å². The first-order chi connectivity index (χ1) is 5.24. The average molecular weight is 156 g/mol. The van der Waals surface area contributed by atoms with Gasteiger partial charge in [0.2, 0.25) is 6.08 Å². The standard InChI is InChI=1S/C8H16N2O/c1-4-10(5-2)6-8(3)9-7-11/h8H,4-6H2,1-3H3. The zero-order valence-corrected chi connectivity index (χ0v) is 7.50. The molecule has 0 bridgehead atoms. The fraction of sp³-hybridized carbons (Fsp3) is 0.875. The Labute approximate surface area is 68.1 Å². The Bertz CT molecular complexity index is 137. The molecular weight excluding hydrogens is 140 g/mol. The number of carbonyl (C=O) groups excluding carboxylic acids is 1. The number of aliphatic imine (C=N–C) groups is 1. The summed E-state index contributed by atoms with van der Waals surface area (Å²) in [5, 5.41) is 0. The van der Waals surface area contributed by atoms with E-state index in [0.717, 1.165) is 19.6 Å². The average Bonchev–Trinajstić information content (AvgIpc) is 2.01. The van der Waals surface area contributed by atoms with Gasteiger partial charge in [0, 0.05) is 6.54 Å². The van der Waals surface area contributed by atoms with Crippen molar-refractivity contribution in [1.82, 2.24) is 4.90 Å². The van der Waals surface area contributed by atoms with Crippen LogP contribution in [0.15, 0.2) is 4.99 Å². The van der Waals surface area contributed by atoms with Crippen LogP contribution in [0.3, 0.4) is 0 Å². The van der Waals surface area contributed by atoms with Crippen LogP contribution in [0.25, 0.3) is 0 Å². The molecule has 0 aliphatic carbocycles. The number of rotatable bonds is 5. The van der Waals surface area contributed by atoms with E-state index in [2.05, 4.69) is 23.7 Å². The second kappa shape index (κ2) is 6.08. The first-order valence-electron chi connectivity index (χ1n) is 4.03. The van der Waals surface area contributed by atoms with Crippen molar-refractivity contribution >= 4 is 6.08 Å². The summed E-state index contributed by atoms with van der Waals surface area (Å²) >= 11 is 0. The zero-order valence-electron chi connectivity index (χ0n) is 7.50. The maximum atomic E-state index is 9.86. The van der Waals surface area contributed by atoms with Gasteiger partial charge >= 0.3 is 0 Å². The zero-order chi connectivity index (χ0) is 8.69. The van der Waals surface area contributed by atoms with E-state index in [1.165, 1.54) is 0 Å². The minimum atomic E-state index is 0.0763. The molecule has 0 fully saturated rings. The quantitative estimate of drug-likeness (QED) is 0.440. The number of isocyanates is 1. The third-order valence-corrected chi connectivity index (χ3v) is 1.69. The van der Waals surface area contributed by atoms with Gasteiger partial charge in [0.15, 0.2) is 0 Å². The van der Waals surface area contributed by atoms with Gasteiger partial charge in [-0.15, -0.1) is 0 Å². The van der Waals surface area contributed by atoms with Crippen LogP contribution in [-0.4, -0.2) is 36.7 Å². The molecule has 0 amide bonds. The molecule has 1 atom stereocenters. The molecule has 3 heteroatoms. The Morgan fingerprint density at radius 1 is 1.45 bits per heavy atom. The molecule has 0 aliphatic rings. The SMILES string of the molecule is CCN(CC)CC(C)N=C=O. The number of hydrogen-bond acceptors (Lipinski definition) is 3. The smallest absolute Gasteiger partial charge is 0.235 e. The highest BCUT2D eigenvalue weighted by molar-refractivity contribution is 5.33. The summed E-state index contributed by atoms with van der Waals surface area (Å²) in [6.45, 7) is 8.98. The minimum Gasteiger partial charge on any atom is -0.302 e. The van der Waals surface area contributed by atoms with Gasteiger partial charge in [-0.25, -0.2) is 9.79 Å². The van der Waals surface area contributed by atoms with Gasteiger partial charge in [0.05, 0.1) is 6.04 Å². The van der Waals surface area contributed by atoms with Crippen LogP contribution in [0.1, 0.15) is 20.8 Å². The second-order valence-electron chi connectivity index (χ2n) is 2.56. The highest BCUT2D eigenvalue weighted by Gasteiger charge is 2.04. The molecule has 0 aromatic carbocycles. The van der Waals surface area contributed by atoms with Crippen LogP contribution in [0.5, 0.6) is 0 Å². The summed E-state index contributed by atoms with van der Waals surface area (Å²) in [5.74, 6) is 0. The molecule has 0 aromatic rings. The van der Waals surface area contributed by atoms with Crippen molar-refractivity contribution < 1.29 is 4.79 Å². The maximum Gasteiger partial charge on any atom is 0.235 e. The van der Waals surface area contributed by atoms with E-state index < -0.39 is 0 Å². The fourth-order valence-electron chi connectivity index (χ4n) is 0.986. The van der Waals surface area contributed by atoms with Crippen molar-refractivity contribution in [3.8, 4) is 0 Å². The molecule has 1 unspecified atom stereocenters. The predicted octanol–water partition coefficient (Wildman–Crippen LogP) is 1.05. The maximum absolute atomic E-state index is 9.86. The highest BCUT2D eigenvalue weighted by atomic mass is 16.1. The van der Waals surface area contributed by atoms with Crippen molar-refractivity contribution in [2.75, 3.05) is 19.6 Å². The molecule has 0 heterocycles. The van der Waals surface area contributed by atoms with Gasteiger partial charge in [-0.2, -0.15) is 0 Å². The van der Waals surface area contributed by atoms with E-state index in [-0.39, 0.29) is 6.04 Å². The van der Waals surface area contributed by atoms with Crippen molar-refractivity contribution in [2.24, 2.45) is 4.99 Å². The summed E-state index contributed by atoms with van der Waals surface area (Å²) in [7, 11) is 0. The molecule has 0 radical (unpaired) electrons. The molecule has 0 saturated heterocycles. The van der Waals surface area contributed by atoms with E-state index in [4.69, 9.17) is 0 Å². The first-order valence-corrected chi connectivity index (χ1v) is 4.03. The largest absolute Gasteiger partial charge is 0.302 e. The Hall–Kier alpha value is -0.660. The van der Waals surface area contributed by atoms with Gasteiger partial charge in [-0.1, -0.05) is 13.8 Å². The van der Waals surface area contributed by atoms with E-state index >= 15 is 0 Å². The lowest BCUT2D eigenvalue weighted by atomic mass is 10.3. The second-order valence-corrected chi connectivity index (χ2v) is 2.56. The van der Waals surface area contributed by atoms with Crippen LogP contribution < -0.4 is 0 Å². The first kappa shape index (κ1) is 10.3. The molecule has 0 saturated carbocycles. The Morgan fingerprint density at radius 3 is 2.36 bits per heavy atom. The number of nitrogens with zero attached hydrogens (tertiary/aromatic N) is 2. The van der Waals surface area contributed by atoms with Gasteiger partial charge in [0.1, 0.15) is 0 Å². The van der Waals surface area contributed by atoms with Crippen molar-refractivity contribution in [3.63, 3.8) is 0 Å². The summed E-state index contributed by atoms with van der Waals surface area (Å²) < 4.78 is 0. The van der Waals surface area contributed by atoms with Crippen molar-refractivity contribution in [2.45, 2.75) is 26.8 Å². The lowest BCUT2D eigenvalue weighted by Crippen LogP contribution is -2.29. The Balaban J connectivity index is 3.70. The lowest BCUT2D eigenvalue weighted by Gasteiger charge is -2.19. The number of hydrogen-bond donors (Lipinski definition) is 0. The van der Waals surface area contributed by atoms with Gasteiger partial charge in [0.25, 0.3) is 0 Å². The van der Waals surface area contributed by atoms with E-state index in [1.807, 2.05) is 6.92 Å². The van der Waals surface area contributed by atoms with Crippen LogP contribution >= 0.6 is 0 Å². The normalized spacial score (nSPS) is 12.7. The Morgan fingerprint density at radius 2 is 2.00 bits per heavy atom. The molecule has 0 N–H and O–H groups in total. The monoisotopic (exact) mass is 156 g/mol. The van der Waals surface area contributed by atoms with Crippen LogP contribution in [0, 0.1) is 0 Å². The van der Waals surface area contributed by atoms with Crippen LogP contribution in [-0.2, 0) is 4.79 Å². The number of likely N-dealkylation sites (N-methyl/N-ethyl adjacent to an activating group) is 1. The van der Waals surface area contributed by atoms with Gasteiger partial charge < -0.3 is 4.90 Å². The third kappa shape index (κ3) is 4.71. The summed E-state index contributed by atoms with van der Waals surface area (Å²) in [6, 6.07) is 0.0763. The van der Waals surface area contributed by atoms with Gasteiger partial charge in [-0.05, 0) is 20.0 Å².